The lowest BCUT2D eigenvalue weighted by molar-refractivity contribution is -0.122. The van der Waals surface area contributed by atoms with E-state index in [4.69, 9.17) is 5.26 Å². The highest BCUT2D eigenvalue weighted by atomic mass is 16.2. The fourth-order valence-corrected chi connectivity index (χ4v) is 2.47. The molecule has 1 saturated heterocycles. The van der Waals surface area contributed by atoms with Crippen LogP contribution in [0.2, 0.25) is 12.6 Å². The van der Waals surface area contributed by atoms with Crippen LogP contribution in [0, 0.1) is 23.1 Å². The van der Waals surface area contributed by atoms with Crippen LogP contribution in [0.4, 0.5) is 0 Å². The zero-order chi connectivity index (χ0) is 11.4. The van der Waals surface area contributed by atoms with Crippen LogP contribution in [0.1, 0.15) is 32.1 Å². The molecule has 0 unspecified atom stereocenters. The minimum atomic E-state index is 0.255. The Labute approximate surface area is 97.7 Å². The van der Waals surface area contributed by atoms with E-state index in [9.17, 15) is 4.79 Å². The van der Waals surface area contributed by atoms with Gasteiger partial charge in [-0.3, -0.25) is 4.79 Å². The Morgan fingerprint density at radius 3 is 2.56 bits per heavy atom. The topological polar surface area (TPSA) is 52.9 Å². The number of nitriles is 1. The molecular formula is C12H19BN2O. The molecule has 2 rings (SSSR count). The van der Waals surface area contributed by atoms with Gasteiger partial charge in [0, 0.05) is 18.4 Å². The quantitative estimate of drug-likeness (QED) is 0.732. The summed E-state index contributed by atoms with van der Waals surface area (Å²) in [5, 5.41) is 11.8. The highest BCUT2D eigenvalue weighted by Gasteiger charge is 2.29. The van der Waals surface area contributed by atoms with Crippen LogP contribution in [0.3, 0.4) is 0 Å². The van der Waals surface area contributed by atoms with Crippen molar-refractivity contribution >= 4 is 12.6 Å². The minimum Gasteiger partial charge on any atom is -0.356 e. The Morgan fingerprint density at radius 2 is 2.00 bits per heavy atom. The third-order valence-electron chi connectivity index (χ3n) is 3.83. The molecule has 1 amide bonds. The standard InChI is InChI=1S/C12H19BN2O/c14-9-13-6-3-10(4-7-13)5-8-15-12(16)11-1-2-11/h10-11H,1-8H2,(H,15,16). The van der Waals surface area contributed by atoms with Crippen molar-refractivity contribution in [2.24, 2.45) is 11.8 Å². The Morgan fingerprint density at radius 1 is 1.31 bits per heavy atom. The number of carbonyl (C=O) groups is 1. The molecule has 2 fully saturated rings. The van der Waals surface area contributed by atoms with E-state index in [1.165, 1.54) is 0 Å². The van der Waals surface area contributed by atoms with E-state index in [1.807, 2.05) is 0 Å². The summed E-state index contributed by atoms with van der Waals surface area (Å²) in [5.41, 5.74) is 0. The number of hydrogen-bond donors (Lipinski definition) is 1. The molecule has 1 saturated carbocycles. The molecule has 2 aliphatic rings. The van der Waals surface area contributed by atoms with E-state index in [0.717, 1.165) is 57.2 Å². The van der Waals surface area contributed by atoms with Crippen molar-refractivity contribution in [3.8, 4) is 5.97 Å². The summed E-state index contributed by atoms with van der Waals surface area (Å²) in [7, 11) is 0. The molecule has 4 heteroatoms. The Balaban J connectivity index is 1.57. The molecule has 0 radical (unpaired) electrons. The molecule has 1 aliphatic heterocycles. The van der Waals surface area contributed by atoms with Crippen LogP contribution in [0.15, 0.2) is 0 Å². The van der Waals surface area contributed by atoms with Crippen LogP contribution in [-0.2, 0) is 4.79 Å². The molecule has 86 valence electrons. The molecule has 1 heterocycles. The second kappa shape index (κ2) is 5.38. The van der Waals surface area contributed by atoms with E-state index in [-0.39, 0.29) is 12.6 Å². The molecule has 0 atom stereocenters. The number of rotatable bonds is 4. The van der Waals surface area contributed by atoms with Gasteiger partial charge in [0.2, 0.25) is 5.91 Å². The first-order valence-corrected chi connectivity index (χ1v) is 6.47. The summed E-state index contributed by atoms with van der Waals surface area (Å²) in [5.74, 6) is 3.66. The Hall–Kier alpha value is -0.975. The van der Waals surface area contributed by atoms with E-state index < -0.39 is 0 Å². The smallest absolute Gasteiger partial charge is 0.267 e. The van der Waals surface area contributed by atoms with Gasteiger partial charge in [0.15, 0.2) is 0 Å². The molecule has 0 aromatic rings. The number of carbonyl (C=O) groups excluding carboxylic acids is 1. The fraction of sp³-hybridized carbons (Fsp3) is 0.833. The molecule has 0 spiro atoms. The van der Waals surface area contributed by atoms with Gasteiger partial charge in [0.25, 0.3) is 6.71 Å². The second-order valence-electron chi connectivity index (χ2n) is 5.20. The van der Waals surface area contributed by atoms with Gasteiger partial charge in [-0.2, -0.15) is 0 Å². The highest BCUT2D eigenvalue weighted by molar-refractivity contribution is 6.67. The predicted molar refractivity (Wildman–Crippen MR) is 64.1 cm³/mol. The number of hydrogen-bond acceptors (Lipinski definition) is 2. The summed E-state index contributed by atoms with van der Waals surface area (Å²) in [6.45, 7) is 1.12. The summed E-state index contributed by atoms with van der Waals surface area (Å²) in [6.07, 6.45) is 7.69. The van der Waals surface area contributed by atoms with E-state index >= 15 is 0 Å². The van der Waals surface area contributed by atoms with Crippen LogP contribution >= 0.6 is 0 Å². The van der Waals surface area contributed by atoms with Crippen LogP contribution < -0.4 is 5.32 Å². The maximum absolute atomic E-state index is 11.4. The maximum atomic E-state index is 11.4. The van der Waals surface area contributed by atoms with Crippen LogP contribution in [-0.4, -0.2) is 19.2 Å². The molecule has 16 heavy (non-hydrogen) atoms. The lowest BCUT2D eigenvalue weighted by Gasteiger charge is -2.23. The lowest BCUT2D eigenvalue weighted by atomic mass is 9.41. The zero-order valence-electron chi connectivity index (χ0n) is 9.74. The Kier molecular flexibility index (Phi) is 3.87. The third kappa shape index (κ3) is 3.26. The number of amides is 1. The second-order valence-corrected chi connectivity index (χ2v) is 5.20. The summed E-state index contributed by atoms with van der Waals surface area (Å²) in [4.78, 5) is 11.4. The molecular weight excluding hydrogens is 199 g/mol. The SMILES string of the molecule is N#CB1CCC(CCNC(=O)C2CC2)CC1. The average Bonchev–Trinajstić information content (AvgIpc) is 3.14. The molecule has 0 aromatic carbocycles. The summed E-state index contributed by atoms with van der Waals surface area (Å²) < 4.78 is 0. The van der Waals surface area contributed by atoms with Crippen molar-refractivity contribution in [1.82, 2.24) is 5.32 Å². The van der Waals surface area contributed by atoms with Crippen molar-refractivity contribution < 1.29 is 4.79 Å². The van der Waals surface area contributed by atoms with Gasteiger partial charge < -0.3 is 5.32 Å². The molecule has 1 N–H and O–H groups in total. The van der Waals surface area contributed by atoms with Gasteiger partial charge in [-0.15, -0.1) is 0 Å². The van der Waals surface area contributed by atoms with Crippen molar-refractivity contribution in [1.29, 1.82) is 5.26 Å². The normalized spacial score (nSPS) is 21.6. The predicted octanol–water partition coefficient (Wildman–Crippen LogP) is 1.87. The van der Waals surface area contributed by atoms with Gasteiger partial charge in [-0.05, 0) is 25.2 Å². The maximum Gasteiger partial charge on any atom is 0.267 e. The molecule has 0 aromatic heterocycles. The molecule has 0 bridgehead atoms. The fourth-order valence-electron chi connectivity index (χ4n) is 2.47. The van der Waals surface area contributed by atoms with Gasteiger partial charge >= 0.3 is 0 Å². The van der Waals surface area contributed by atoms with Crippen molar-refractivity contribution in [2.45, 2.75) is 44.7 Å². The minimum absolute atomic E-state index is 0.255. The van der Waals surface area contributed by atoms with Gasteiger partial charge in [-0.25, -0.2) is 5.26 Å². The summed E-state index contributed by atoms with van der Waals surface area (Å²) >= 11 is 0. The summed E-state index contributed by atoms with van der Waals surface area (Å²) in [6, 6.07) is 0. The van der Waals surface area contributed by atoms with Gasteiger partial charge in [0.1, 0.15) is 0 Å². The lowest BCUT2D eigenvalue weighted by Crippen LogP contribution is -2.28. The van der Waals surface area contributed by atoms with Gasteiger partial charge in [0.05, 0.1) is 0 Å². The first kappa shape index (κ1) is 11.5. The van der Waals surface area contributed by atoms with Crippen LogP contribution in [0.5, 0.6) is 0 Å². The first-order chi connectivity index (χ1) is 7.79. The van der Waals surface area contributed by atoms with E-state index in [2.05, 4.69) is 11.3 Å². The largest absolute Gasteiger partial charge is 0.356 e. The average molecular weight is 218 g/mol. The van der Waals surface area contributed by atoms with Gasteiger partial charge in [-0.1, -0.05) is 25.5 Å². The monoisotopic (exact) mass is 218 g/mol. The number of nitrogens with one attached hydrogen (secondary N) is 1. The third-order valence-corrected chi connectivity index (χ3v) is 3.83. The van der Waals surface area contributed by atoms with E-state index in [0.29, 0.717) is 5.92 Å². The zero-order valence-corrected chi connectivity index (χ0v) is 9.74. The Bertz CT molecular complexity index is 288. The van der Waals surface area contributed by atoms with Crippen molar-refractivity contribution in [3.63, 3.8) is 0 Å². The van der Waals surface area contributed by atoms with Crippen molar-refractivity contribution in [2.75, 3.05) is 6.54 Å². The number of nitrogens with zero attached hydrogens (tertiary/aromatic N) is 1. The molecule has 3 nitrogen and oxygen atoms in total. The van der Waals surface area contributed by atoms with Crippen LogP contribution in [0.25, 0.3) is 0 Å². The molecule has 1 aliphatic carbocycles. The highest BCUT2D eigenvalue weighted by Crippen LogP contribution is 2.29. The van der Waals surface area contributed by atoms with Crippen molar-refractivity contribution in [3.05, 3.63) is 0 Å². The van der Waals surface area contributed by atoms with E-state index in [1.54, 1.807) is 0 Å². The first-order valence-electron chi connectivity index (χ1n) is 6.47.